The highest BCUT2D eigenvalue weighted by molar-refractivity contribution is 5.68. The van der Waals surface area contributed by atoms with Crippen LogP contribution in [0.1, 0.15) is 18.9 Å². The molecule has 1 aromatic heterocycles. The van der Waals surface area contributed by atoms with Gasteiger partial charge in [-0.15, -0.1) is 0 Å². The number of carboxylic acid groups (broad SMARTS) is 1. The highest BCUT2D eigenvalue weighted by Crippen LogP contribution is 2.20. The van der Waals surface area contributed by atoms with E-state index in [-0.39, 0.29) is 6.42 Å². The van der Waals surface area contributed by atoms with E-state index >= 15 is 0 Å². The predicted octanol–water partition coefficient (Wildman–Crippen LogP) is 0.730. The summed E-state index contributed by atoms with van der Waals surface area (Å²) in [7, 11) is 0. The minimum Gasteiger partial charge on any atom is -0.481 e. The molecule has 0 aromatic carbocycles. The Balaban J connectivity index is 2.87. The fourth-order valence-corrected chi connectivity index (χ4v) is 1.15. The average molecular weight is 180 g/mol. The van der Waals surface area contributed by atoms with Crippen molar-refractivity contribution in [2.75, 3.05) is 0 Å². The second-order valence-corrected chi connectivity index (χ2v) is 3.22. The Kier molecular flexibility index (Phi) is 2.63. The van der Waals surface area contributed by atoms with Crippen LogP contribution in [0.15, 0.2) is 24.5 Å². The fourth-order valence-electron chi connectivity index (χ4n) is 1.15. The summed E-state index contributed by atoms with van der Waals surface area (Å²) in [6.45, 7) is 1.69. The first-order valence-corrected chi connectivity index (χ1v) is 3.93. The maximum atomic E-state index is 10.5. The highest BCUT2D eigenvalue weighted by atomic mass is 16.4. The zero-order valence-electron chi connectivity index (χ0n) is 7.40. The van der Waals surface area contributed by atoms with Crippen molar-refractivity contribution in [1.82, 2.24) is 4.98 Å². The van der Waals surface area contributed by atoms with E-state index in [1.165, 1.54) is 0 Å². The Labute approximate surface area is 76.4 Å². The number of hydrogen-bond donors (Lipinski definition) is 2. The maximum Gasteiger partial charge on any atom is 0.305 e. The SMILES string of the molecule is C[C@](N)(CC(=O)O)c1ccncc1. The topological polar surface area (TPSA) is 76.2 Å². The molecule has 13 heavy (non-hydrogen) atoms. The van der Waals surface area contributed by atoms with E-state index in [2.05, 4.69) is 4.98 Å². The van der Waals surface area contributed by atoms with Gasteiger partial charge in [-0.1, -0.05) is 0 Å². The van der Waals surface area contributed by atoms with E-state index in [1.54, 1.807) is 31.5 Å². The molecule has 70 valence electrons. The highest BCUT2D eigenvalue weighted by Gasteiger charge is 2.24. The van der Waals surface area contributed by atoms with Gasteiger partial charge in [-0.25, -0.2) is 0 Å². The molecular weight excluding hydrogens is 168 g/mol. The summed E-state index contributed by atoms with van der Waals surface area (Å²) < 4.78 is 0. The molecule has 0 aliphatic heterocycles. The third kappa shape index (κ3) is 2.52. The smallest absolute Gasteiger partial charge is 0.305 e. The molecule has 3 N–H and O–H groups in total. The van der Waals surface area contributed by atoms with Gasteiger partial charge in [0, 0.05) is 17.9 Å². The van der Waals surface area contributed by atoms with E-state index in [9.17, 15) is 4.79 Å². The summed E-state index contributed by atoms with van der Waals surface area (Å²) in [5, 5.41) is 8.61. The number of carboxylic acids is 1. The molecule has 0 saturated carbocycles. The van der Waals surface area contributed by atoms with E-state index < -0.39 is 11.5 Å². The maximum absolute atomic E-state index is 10.5. The molecule has 0 radical (unpaired) electrons. The first-order valence-electron chi connectivity index (χ1n) is 3.93. The summed E-state index contributed by atoms with van der Waals surface area (Å²) in [6.07, 6.45) is 3.11. The molecule has 0 amide bonds. The predicted molar refractivity (Wildman–Crippen MR) is 48.0 cm³/mol. The van der Waals surface area contributed by atoms with Crippen LogP contribution in [0.25, 0.3) is 0 Å². The van der Waals surface area contributed by atoms with Crippen molar-refractivity contribution in [1.29, 1.82) is 0 Å². The summed E-state index contributed by atoms with van der Waals surface area (Å²) in [4.78, 5) is 14.3. The Morgan fingerprint density at radius 1 is 1.62 bits per heavy atom. The van der Waals surface area contributed by atoms with Gasteiger partial charge < -0.3 is 10.8 Å². The van der Waals surface area contributed by atoms with Crippen molar-refractivity contribution >= 4 is 5.97 Å². The van der Waals surface area contributed by atoms with Gasteiger partial charge in [-0.3, -0.25) is 9.78 Å². The third-order valence-electron chi connectivity index (χ3n) is 1.86. The van der Waals surface area contributed by atoms with Gasteiger partial charge in [0.25, 0.3) is 0 Å². The molecule has 4 heteroatoms. The number of carbonyl (C=O) groups is 1. The third-order valence-corrected chi connectivity index (χ3v) is 1.86. The molecular formula is C9H12N2O2. The Morgan fingerprint density at radius 3 is 2.62 bits per heavy atom. The number of nitrogens with two attached hydrogens (primary N) is 1. The molecule has 0 fully saturated rings. The Hall–Kier alpha value is -1.42. The summed E-state index contributed by atoms with van der Waals surface area (Å²) in [5.74, 6) is -0.901. The molecule has 4 nitrogen and oxygen atoms in total. The first-order chi connectivity index (χ1) is 6.02. The lowest BCUT2D eigenvalue weighted by Gasteiger charge is -2.22. The molecule has 1 atom stereocenters. The molecule has 0 aliphatic rings. The first kappa shape index (κ1) is 9.67. The summed E-state index contributed by atoms with van der Waals surface area (Å²) in [5.41, 5.74) is 5.79. The molecule has 1 heterocycles. The lowest BCUT2D eigenvalue weighted by atomic mass is 9.91. The zero-order valence-corrected chi connectivity index (χ0v) is 7.40. The van der Waals surface area contributed by atoms with Crippen molar-refractivity contribution in [2.24, 2.45) is 5.73 Å². The average Bonchev–Trinajstić information content (AvgIpc) is 2.04. The number of hydrogen-bond acceptors (Lipinski definition) is 3. The molecule has 0 spiro atoms. The zero-order chi connectivity index (χ0) is 9.90. The Bertz CT molecular complexity index is 296. The van der Waals surface area contributed by atoms with Crippen molar-refractivity contribution in [3.8, 4) is 0 Å². The monoisotopic (exact) mass is 180 g/mol. The molecule has 1 rings (SSSR count). The van der Waals surface area contributed by atoms with Crippen LogP contribution in [-0.4, -0.2) is 16.1 Å². The van der Waals surface area contributed by atoms with Crippen LogP contribution >= 0.6 is 0 Å². The normalized spacial score (nSPS) is 14.9. The largest absolute Gasteiger partial charge is 0.481 e. The van der Waals surface area contributed by atoms with Gasteiger partial charge >= 0.3 is 5.97 Å². The minimum absolute atomic E-state index is 0.0863. The van der Waals surface area contributed by atoms with E-state index in [0.717, 1.165) is 5.56 Å². The van der Waals surface area contributed by atoms with Gasteiger partial charge in [0.15, 0.2) is 0 Å². The quantitative estimate of drug-likeness (QED) is 0.719. The molecule has 1 aromatic rings. The lowest BCUT2D eigenvalue weighted by Crippen LogP contribution is -2.35. The van der Waals surface area contributed by atoms with Crippen LogP contribution in [0, 0.1) is 0 Å². The molecule has 0 saturated heterocycles. The van der Waals surface area contributed by atoms with E-state index in [4.69, 9.17) is 10.8 Å². The van der Waals surface area contributed by atoms with E-state index in [1.807, 2.05) is 0 Å². The number of pyridine rings is 1. The second-order valence-electron chi connectivity index (χ2n) is 3.22. The standard InChI is InChI=1S/C9H12N2O2/c1-9(10,6-8(12)13)7-2-4-11-5-3-7/h2-5H,6,10H2,1H3,(H,12,13)/t9-/m0/s1. The van der Waals surface area contributed by atoms with Gasteiger partial charge in [-0.2, -0.15) is 0 Å². The number of rotatable bonds is 3. The van der Waals surface area contributed by atoms with Crippen LogP contribution < -0.4 is 5.73 Å². The molecule has 0 unspecified atom stereocenters. The number of aromatic nitrogens is 1. The lowest BCUT2D eigenvalue weighted by molar-refractivity contribution is -0.138. The van der Waals surface area contributed by atoms with Crippen LogP contribution in [0.4, 0.5) is 0 Å². The van der Waals surface area contributed by atoms with Gasteiger partial charge in [0.05, 0.1) is 6.42 Å². The van der Waals surface area contributed by atoms with Crippen molar-refractivity contribution < 1.29 is 9.90 Å². The fraction of sp³-hybridized carbons (Fsp3) is 0.333. The van der Waals surface area contributed by atoms with Gasteiger partial charge in [-0.05, 0) is 24.6 Å². The molecule has 0 bridgehead atoms. The van der Waals surface area contributed by atoms with Crippen LogP contribution in [0.3, 0.4) is 0 Å². The van der Waals surface area contributed by atoms with Crippen molar-refractivity contribution in [2.45, 2.75) is 18.9 Å². The summed E-state index contributed by atoms with van der Waals surface area (Å²) >= 11 is 0. The van der Waals surface area contributed by atoms with Crippen LogP contribution in [-0.2, 0) is 10.3 Å². The van der Waals surface area contributed by atoms with Crippen molar-refractivity contribution in [3.63, 3.8) is 0 Å². The molecule has 0 aliphatic carbocycles. The van der Waals surface area contributed by atoms with Gasteiger partial charge in [0.1, 0.15) is 0 Å². The number of nitrogens with zero attached hydrogens (tertiary/aromatic N) is 1. The van der Waals surface area contributed by atoms with E-state index in [0.29, 0.717) is 0 Å². The minimum atomic E-state index is -0.901. The Morgan fingerprint density at radius 2 is 2.15 bits per heavy atom. The number of aliphatic carboxylic acids is 1. The van der Waals surface area contributed by atoms with Crippen LogP contribution in [0.2, 0.25) is 0 Å². The second kappa shape index (κ2) is 3.53. The summed E-state index contributed by atoms with van der Waals surface area (Å²) in [6, 6.07) is 3.45. The van der Waals surface area contributed by atoms with Crippen LogP contribution in [0.5, 0.6) is 0 Å². The van der Waals surface area contributed by atoms with Gasteiger partial charge in [0.2, 0.25) is 0 Å². The van der Waals surface area contributed by atoms with Crippen molar-refractivity contribution in [3.05, 3.63) is 30.1 Å².